The zero-order valence-corrected chi connectivity index (χ0v) is 17.1. The van der Waals surface area contributed by atoms with E-state index in [0.29, 0.717) is 23.6 Å². The Morgan fingerprint density at radius 2 is 1.83 bits per heavy atom. The predicted molar refractivity (Wildman–Crippen MR) is 111 cm³/mol. The van der Waals surface area contributed by atoms with Gasteiger partial charge in [0.05, 0.1) is 12.6 Å². The molecule has 0 spiro atoms. The molecule has 0 radical (unpaired) electrons. The summed E-state index contributed by atoms with van der Waals surface area (Å²) in [5, 5.41) is 16.9. The molecule has 4 aromatic rings. The standard InChI is InChI=1S/C19H19N7O3S/c1-12-17(21-11-13-7-4-3-5-8-13)23-18(25-24-12)26-14-9-6-10-15(30(20,27)28)16(14)22-19(26)29-2/h3-10H,11H2,1-2H3,(H2,20,27,28)(H,21,23,25). The van der Waals surface area contributed by atoms with E-state index in [9.17, 15) is 8.42 Å². The minimum absolute atomic E-state index is 0.112. The number of para-hydroxylation sites is 1. The Morgan fingerprint density at radius 1 is 1.07 bits per heavy atom. The summed E-state index contributed by atoms with van der Waals surface area (Å²) in [5.74, 6) is 0.720. The molecular weight excluding hydrogens is 406 g/mol. The number of fused-ring (bicyclic) bond motifs is 1. The molecule has 0 saturated heterocycles. The highest BCUT2D eigenvalue weighted by atomic mass is 32.2. The Morgan fingerprint density at radius 3 is 2.53 bits per heavy atom. The summed E-state index contributed by atoms with van der Waals surface area (Å²) in [4.78, 5) is 8.72. The van der Waals surface area contributed by atoms with Crippen LogP contribution in [-0.2, 0) is 16.6 Å². The van der Waals surface area contributed by atoms with Crippen molar-refractivity contribution < 1.29 is 13.2 Å². The molecule has 154 valence electrons. The van der Waals surface area contributed by atoms with Crippen molar-refractivity contribution in [2.24, 2.45) is 5.14 Å². The zero-order valence-electron chi connectivity index (χ0n) is 16.3. The van der Waals surface area contributed by atoms with E-state index >= 15 is 0 Å². The minimum atomic E-state index is -3.98. The second-order valence-electron chi connectivity index (χ2n) is 6.49. The lowest BCUT2D eigenvalue weighted by atomic mass is 10.2. The lowest BCUT2D eigenvalue weighted by Gasteiger charge is -2.11. The van der Waals surface area contributed by atoms with E-state index in [2.05, 4.69) is 25.5 Å². The molecule has 11 heteroatoms. The Balaban J connectivity index is 1.80. The van der Waals surface area contributed by atoms with Crippen molar-refractivity contribution in [2.45, 2.75) is 18.4 Å². The molecule has 3 N–H and O–H groups in total. The fraction of sp³-hybridized carbons (Fsp3) is 0.158. The topological polar surface area (TPSA) is 138 Å². The van der Waals surface area contributed by atoms with Crippen LogP contribution in [0.5, 0.6) is 6.01 Å². The summed E-state index contributed by atoms with van der Waals surface area (Å²) in [6.07, 6.45) is 0. The summed E-state index contributed by atoms with van der Waals surface area (Å²) in [5.41, 5.74) is 2.29. The van der Waals surface area contributed by atoms with Gasteiger partial charge in [-0.2, -0.15) is 9.97 Å². The fourth-order valence-electron chi connectivity index (χ4n) is 3.03. The molecule has 4 rings (SSSR count). The zero-order chi connectivity index (χ0) is 21.3. The first-order chi connectivity index (χ1) is 14.4. The number of anilines is 1. The van der Waals surface area contributed by atoms with Gasteiger partial charge in [0, 0.05) is 6.54 Å². The van der Waals surface area contributed by atoms with Gasteiger partial charge in [0.25, 0.3) is 5.95 Å². The van der Waals surface area contributed by atoms with E-state index in [1.165, 1.54) is 17.7 Å². The average Bonchev–Trinajstić information content (AvgIpc) is 3.12. The van der Waals surface area contributed by atoms with Crippen molar-refractivity contribution >= 4 is 26.9 Å². The molecule has 2 aromatic carbocycles. The van der Waals surface area contributed by atoms with Crippen LogP contribution < -0.4 is 15.2 Å². The summed E-state index contributed by atoms with van der Waals surface area (Å²) >= 11 is 0. The first-order valence-corrected chi connectivity index (χ1v) is 10.5. The molecule has 0 aliphatic heterocycles. The molecule has 2 aromatic heterocycles. The highest BCUT2D eigenvalue weighted by molar-refractivity contribution is 7.89. The first kappa shape index (κ1) is 19.7. The third-order valence-corrected chi connectivity index (χ3v) is 5.40. The third-order valence-electron chi connectivity index (χ3n) is 4.45. The van der Waals surface area contributed by atoms with Crippen LogP contribution in [0.1, 0.15) is 11.3 Å². The highest BCUT2D eigenvalue weighted by Crippen LogP contribution is 2.29. The maximum absolute atomic E-state index is 11.9. The number of rotatable bonds is 6. The number of nitrogens with zero attached hydrogens (tertiary/aromatic N) is 5. The van der Waals surface area contributed by atoms with Crippen LogP contribution in [-0.4, -0.2) is 40.3 Å². The maximum Gasteiger partial charge on any atom is 0.304 e. The Bertz CT molecular complexity index is 1320. The SMILES string of the molecule is COc1nc2c(S(N)(=O)=O)cccc2n1-c1nnc(C)c(NCc2ccccc2)n1. The summed E-state index contributed by atoms with van der Waals surface area (Å²) in [6, 6.07) is 14.6. The Labute approximate surface area is 172 Å². The number of hydrogen-bond donors (Lipinski definition) is 2. The average molecular weight is 425 g/mol. The van der Waals surface area contributed by atoms with Crippen LogP contribution in [0.15, 0.2) is 53.4 Å². The van der Waals surface area contributed by atoms with Crippen molar-refractivity contribution in [3.8, 4) is 12.0 Å². The van der Waals surface area contributed by atoms with E-state index < -0.39 is 10.0 Å². The summed E-state index contributed by atoms with van der Waals surface area (Å²) in [6.45, 7) is 2.34. The van der Waals surface area contributed by atoms with E-state index in [-0.39, 0.29) is 22.4 Å². The monoisotopic (exact) mass is 425 g/mol. The Hall–Kier alpha value is -3.57. The van der Waals surface area contributed by atoms with Gasteiger partial charge < -0.3 is 10.1 Å². The first-order valence-electron chi connectivity index (χ1n) is 8.96. The smallest absolute Gasteiger partial charge is 0.304 e. The van der Waals surface area contributed by atoms with Crippen LogP contribution in [0, 0.1) is 6.92 Å². The molecular formula is C19H19N7O3S. The molecule has 2 heterocycles. The number of hydrogen-bond acceptors (Lipinski definition) is 8. The van der Waals surface area contributed by atoms with Crippen LogP contribution in [0.25, 0.3) is 17.0 Å². The number of imidazole rings is 1. The molecule has 0 amide bonds. The van der Waals surface area contributed by atoms with Crippen molar-refractivity contribution in [3.05, 3.63) is 59.8 Å². The molecule has 0 fully saturated rings. The van der Waals surface area contributed by atoms with Crippen LogP contribution in [0.4, 0.5) is 5.82 Å². The van der Waals surface area contributed by atoms with Gasteiger partial charge in [-0.15, -0.1) is 10.2 Å². The number of methoxy groups -OCH3 is 1. The number of sulfonamides is 1. The lowest BCUT2D eigenvalue weighted by Crippen LogP contribution is -2.13. The summed E-state index contributed by atoms with van der Waals surface area (Å²) in [7, 11) is -2.56. The number of benzene rings is 2. The van der Waals surface area contributed by atoms with Crippen molar-refractivity contribution in [1.82, 2.24) is 24.7 Å². The highest BCUT2D eigenvalue weighted by Gasteiger charge is 2.22. The molecule has 0 aliphatic rings. The van der Waals surface area contributed by atoms with Crippen molar-refractivity contribution in [3.63, 3.8) is 0 Å². The lowest BCUT2D eigenvalue weighted by molar-refractivity contribution is 0.373. The number of aromatic nitrogens is 5. The van der Waals surface area contributed by atoms with E-state index in [1.807, 2.05) is 30.3 Å². The fourth-order valence-corrected chi connectivity index (χ4v) is 3.71. The maximum atomic E-state index is 11.9. The number of aryl methyl sites for hydroxylation is 1. The largest absolute Gasteiger partial charge is 0.468 e. The number of nitrogens with one attached hydrogen (secondary N) is 1. The number of ether oxygens (including phenoxy) is 1. The molecule has 0 unspecified atom stereocenters. The summed E-state index contributed by atoms with van der Waals surface area (Å²) < 4.78 is 30.7. The third kappa shape index (κ3) is 3.67. The van der Waals surface area contributed by atoms with Gasteiger partial charge in [-0.1, -0.05) is 36.4 Å². The van der Waals surface area contributed by atoms with E-state index in [0.717, 1.165) is 5.56 Å². The molecule has 0 bridgehead atoms. The predicted octanol–water partition coefficient (Wildman–Crippen LogP) is 1.79. The van der Waals surface area contributed by atoms with E-state index in [4.69, 9.17) is 9.88 Å². The van der Waals surface area contributed by atoms with Gasteiger partial charge in [-0.25, -0.2) is 18.1 Å². The Kier molecular flexibility index (Phi) is 5.06. The van der Waals surface area contributed by atoms with Gasteiger partial charge in [-0.3, -0.25) is 0 Å². The van der Waals surface area contributed by atoms with Gasteiger partial charge >= 0.3 is 6.01 Å². The van der Waals surface area contributed by atoms with Gasteiger partial charge in [-0.05, 0) is 24.6 Å². The van der Waals surface area contributed by atoms with Crippen molar-refractivity contribution in [2.75, 3.05) is 12.4 Å². The second kappa shape index (κ2) is 7.69. The normalized spacial score (nSPS) is 11.6. The van der Waals surface area contributed by atoms with Crippen molar-refractivity contribution in [1.29, 1.82) is 0 Å². The van der Waals surface area contributed by atoms with Gasteiger partial charge in [0.1, 0.15) is 16.1 Å². The number of primary sulfonamides is 1. The van der Waals surface area contributed by atoms with Crippen LogP contribution >= 0.6 is 0 Å². The van der Waals surface area contributed by atoms with Gasteiger partial charge in [0.2, 0.25) is 10.0 Å². The quantitative estimate of drug-likeness (QED) is 0.477. The van der Waals surface area contributed by atoms with Crippen LogP contribution in [0.3, 0.4) is 0 Å². The molecule has 0 saturated carbocycles. The minimum Gasteiger partial charge on any atom is -0.468 e. The van der Waals surface area contributed by atoms with Gasteiger partial charge in [0.15, 0.2) is 5.82 Å². The number of nitrogens with two attached hydrogens (primary N) is 1. The molecule has 10 nitrogen and oxygen atoms in total. The molecule has 30 heavy (non-hydrogen) atoms. The van der Waals surface area contributed by atoms with Crippen LogP contribution in [0.2, 0.25) is 0 Å². The molecule has 0 atom stereocenters. The second-order valence-corrected chi connectivity index (χ2v) is 8.02. The molecule has 0 aliphatic carbocycles. The van der Waals surface area contributed by atoms with E-state index in [1.54, 1.807) is 19.1 Å².